The number of hydrogen-bond donors (Lipinski definition) is 1. The van der Waals surface area contributed by atoms with E-state index < -0.39 is 0 Å². The average molecular weight is 292 g/mol. The van der Waals surface area contributed by atoms with E-state index in [4.69, 9.17) is 0 Å². The molecule has 0 aliphatic rings. The number of rotatable bonds is 6. The van der Waals surface area contributed by atoms with E-state index in [0.717, 1.165) is 13.0 Å². The molecule has 6 nitrogen and oxygen atoms in total. The average Bonchev–Trinajstić information content (AvgIpc) is 2.97. The fraction of sp³-hybridized carbons (Fsp3) is 0.462. The third kappa shape index (κ3) is 3.57. The summed E-state index contributed by atoms with van der Waals surface area (Å²) in [5, 5.41) is 5.07. The number of nitrogens with zero attached hydrogens (tertiary/aromatic N) is 5. The summed E-state index contributed by atoms with van der Waals surface area (Å²) in [7, 11) is 7.65. The molecule has 1 N–H and O–H groups in total. The third-order valence-corrected chi connectivity index (χ3v) is 3.79. The Balaban J connectivity index is 2.11. The molecule has 0 aliphatic heterocycles. The van der Waals surface area contributed by atoms with Crippen LogP contribution in [0.25, 0.3) is 0 Å². The number of hydrogen-bond acceptors (Lipinski definition) is 7. The van der Waals surface area contributed by atoms with Crippen LogP contribution in [0, 0.1) is 0 Å². The van der Waals surface area contributed by atoms with Crippen molar-refractivity contribution in [3.63, 3.8) is 0 Å². The molecule has 0 atom stereocenters. The Bertz CT molecular complexity index is 540. The molecule has 20 heavy (non-hydrogen) atoms. The van der Waals surface area contributed by atoms with Crippen LogP contribution in [-0.4, -0.2) is 49.7 Å². The Morgan fingerprint density at radius 2 is 1.90 bits per heavy atom. The third-order valence-electron chi connectivity index (χ3n) is 2.85. The van der Waals surface area contributed by atoms with Crippen LogP contribution in [0.4, 0.5) is 17.8 Å². The quantitative estimate of drug-likeness (QED) is 0.875. The van der Waals surface area contributed by atoms with Crippen LogP contribution in [0.3, 0.4) is 0 Å². The predicted octanol–water partition coefficient (Wildman–Crippen LogP) is 1.72. The molecule has 2 rings (SSSR count). The molecule has 0 spiro atoms. The van der Waals surface area contributed by atoms with E-state index in [9.17, 15) is 0 Å². The van der Waals surface area contributed by atoms with Crippen molar-refractivity contribution in [2.75, 3.05) is 49.9 Å². The summed E-state index contributed by atoms with van der Waals surface area (Å²) in [5.41, 5.74) is 0. The molecule has 0 aliphatic carbocycles. The first-order valence-corrected chi connectivity index (χ1v) is 7.33. The highest BCUT2D eigenvalue weighted by Gasteiger charge is 2.11. The summed E-state index contributed by atoms with van der Waals surface area (Å²) in [6.45, 7) is 0.876. The smallest absolute Gasteiger partial charge is 0.231 e. The minimum atomic E-state index is 0.585. The fourth-order valence-electron chi connectivity index (χ4n) is 1.67. The zero-order valence-electron chi connectivity index (χ0n) is 12.3. The van der Waals surface area contributed by atoms with Gasteiger partial charge in [0.2, 0.25) is 17.8 Å². The summed E-state index contributed by atoms with van der Waals surface area (Å²) in [4.78, 5) is 18.5. The standard InChI is InChI=1S/C13H20N6S/c1-14-11-15-12(18(2)3)17-13(16-11)19(4)8-7-10-6-5-9-20-10/h5-6,9H,7-8H2,1-4H3,(H,14,15,16,17). The highest BCUT2D eigenvalue weighted by atomic mass is 32.1. The topological polar surface area (TPSA) is 57.2 Å². The number of thiophene rings is 1. The molecule has 108 valence electrons. The summed E-state index contributed by atoms with van der Waals surface area (Å²) in [6.07, 6.45) is 0.992. The second-order valence-electron chi connectivity index (χ2n) is 4.65. The van der Waals surface area contributed by atoms with Crippen LogP contribution >= 0.6 is 11.3 Å². The zero-order chi connectivity index (χ0) is 14.5. The zero-order valence-corrected chi connectivity index (χ0v) is 13.1. The van der Waals surface area contributed by atoms with E-state index in [-0.39, 0.29) is 0 Å². The van der Waals surface area contributed by atoms with Gasteiger partial charge in [0.1, 0.15) is 0 Å². The van der Waals surface area contributed by atoms with Crippen LogP contribution in [0.2, 0.25) is 0 Å². The molecule has 0 saturated heterocycles. The number of nitrogens with one attached hydrogen (secondary N) is 1. The van der Waals surface area contributed by atoms with Gasteiger partial charge in [-0.15, -0.1) is 11.3 Å². The van der Waals surface area contributed by atoms with Crippen LogP contribution in [-0.2, 0) is 6.42 Å². The molecule has 0 bridgehead atoms. The molecule has 0 amide bonds. The normalized spacial score (nSPS) is 10.4. The van der Waals surface area contributed by atoms with Gasteiger partial charge in [0.25, 0.3) is 0 Å². The van der Waals surface area contributed by atoms with Gasteiger partial charge in [0, 0.05) is 39.6 Å². The van der Waals surface area contributed by atoms with Gasteiger partial charge in [-0.1, -0.05) is 6.07 Å². The Labute approximate surface area is 123 Å². The first-order chi connectivity index (χ1) is 9.60. The van der Waals surface area contributed by atoms with Crippen molar-refractivity contribution < 1.29 is 0 Å². The summed E-state index contributed by atoms with van der Waals surface area (Å²) in [5.74, 6) is 1.92. The van der Waals surface area contributed by atoms with Gasteiger partial charge in [-0.05, 0) is 17.9 Å². The van der Waals surface area contributed by atoms with E-state index in [2.05, 4.69) is 42.7 Å². The highest BCUT2D eigenvalue weighted by Crippen LogP contribution is 2.15. The van der Waals surface area contributed by atoms with Crippen LogP contribution in [0.1, 0.15) is 4.88 Å². The first kappa shape index (κ1) is 14.5. The van der Waals surface area contributed by atoms with Crippen molar-refractivity contribution in [2.24, 2.45) is 0 Å². The van der Waals surface area contributed by atoms with Crippen molar-refractivity contribution in [1.29, 1.82) is 0 Å². The summed E-state index contributed by atoms with van der Waals surface area (Å²) >= 11 is 1.78. The Morgan fingerprint density at radius 1 is 1.15 bits per heavy atom. The lowest BCUT2D eigenvalue weighted by Gasteiger charge is -2.19. The molecule has 2 heterocycles. The van der Waals surface area contributed by atoms with Crippen molar-refractivity contribution in [3.05, 3.63) is 22.4 Å². The minimum Gasteiger partial charge on any atom is -0.357 e. The van der Waals surface area contributed by atoms with Crippen molar-refractivity contribution in [3.8, 4) is 0 Å². The second-order valence-corrected chi connectivity index (χ2v) is 5.69. The van der Waals surface area contributed by atoms with Crippen molar-refractivity contribution in [2.45, 2.75) is 6.42 Å². The van der Waals surface area contributed by atoms with Crippen LogP contribution in [0.5, 0.6) is 0 Å². The molecule has 0 aromatic carbocycles. The van der Waals surface area contributed by atoms with Crippen molar-refractivity contribution >= 4 is 29.2 Å². The maximum absolute atomic E-state index is 4.47. The number of aromatic nitrogens is 3. The maximum atomic E-state index is 4.47. The Hall–Kier alpha value is -1.89. The monoisotopic (exact) mass is 292 g/mol. The Kier molecular flexibility index (Phi) is 4.73. The molecule has 0 fully saturated rings. The molecule has 0 radical (unpaired) electrons. The highest BCUT2D eigenvalue weighted by molar-refractivity contribution is 7.09. The van der Waals surface area contributed by atoms with Gasteiger partial charge in [0.15, 0.2) is 0 Å². The van der Waals surface area contributed by atoms with E-state index in [1.54, 1.807) is 11.3 Å². The Morgan fingerprint density at radius 3 is 2.50 bits per heavy atom. The lowest BCUT2D eigenvalue weighted by atomic mass is 10.3. The van der Waals surface area contributed by atoms with E-state index in [1.807, 2.05) is 33.1 Å². The fourth-order valence-corrected chi connectivity index (χ4v) is 2.37. The molecule has 2 aromatic rings. The predicted molar refractivity (Wildman–Crippen MR) is 85.0 cm³/mol. The second kappa shape index (κ2) is 6.51. The number of likely N-dealkylation sites (N-methyl/N-ethyl adjacent to an activating group) is 1. The largest absolute Gasteiger partial charge is 0.357 e. The lowest BCUT2D eigenvalue weighted by Crippen LogP contribution is -2.24. The lowest BCUT2D eigenvalue weighted by molar-refractivity contribution is 0.829. The first-order valence-electron chi connectivity index (χ1n) is 6.45. The van der Waals surface area contributed by atoms with E-state index in [0.29, 0.717) is 17.8 Å². The van der Waals surface area contributed by atoms with Gasteiger partial charge in [-0.2, -0.15) is 15.0 Å². The van der Waals surface area contributed by atoms with Gasteiger partial charge < -0.3 is 15.1 Å². The maximum Gasteiger partial charge on any atom is 0.231 e. The SMILES string of the molecule is CNc1nc(N(C)C)nc(N(C)CCc2cccs2)n1. The number of anilines is 3. The molecular formula is C13H20N6S. The molecular weight excluding hydrogens is 272 g/mol. The van der Waals surface area contributed by atoms with E-state index >= 15 is 0 Å². The summed E-state index contributed by atoms with van der Waals surface area (Å²) < 4.78 is 0. The molecule has 7 heteroatoms. The van der Waals surface area contributed by atoms with Gasteiger partial charge >= 0.3 is 0 Å². The summed E-state index contributed by atoms with van der Waals surface area (Å²) in [6, 6.07) is 4.22. The van der Waals surface area contributed by atoms with Crippen LogP contribution < -0.4 is 15.1 Å². The molecule has 2 aromatic heterocycles. The van der Waals surface area contributed by atoms with Crippen LogP contribution in [0.15, 0.2) is 17.5 Å². The van der Waals surface area contributed by atoms with Gasteiger partial charge in [-0.25, -0.2) is 0 Å². The molecule has 0 unspecified atom stereocenters. The molecule has 0 saturated carbocycles. The van der Waals surface area contributed by atoms with Crippen molar-refractivity contribution in [1.82, 2.24) is 15.0 Å². The minimum absolute atomic E-state index is 0.585. The van der Waals surface area contributed by atoms with Gasteiger partial charge in [-0.3, -0.25) is 0 Å². The van der Waals surface area contributed by atoms with Gasteiger partial charge in [0.05, 0.1) is 0 Å². The van der Waals surface area contributed by atoms with E-state index in [1.165, 1.54) is 4.88 Å².